The van der Waals surface area contributed by atoms with Gasteiger partial charge in [-0.05, 0) is 37.6 Å². The highest BCUT2D eigenvalue weighted by Crippen LogP contribution is 2.26. The molecule has 106 valence electrons. The van der Waals surface area contributed by atoms with Crippen LogP contribution in [0.15, 0.2) is 24.3 Å². The van der Waals surface area contributed by atoms with Gasteiger partial charge in [-0.1, -0.05) is 24.3 Å². The molecule has 1 atom stereocenters. The molecular weight excluding hydrogens is 251 g/mol. The molecule has 0 aromatic heterocycles. The largest absolute Gasteiger partial charge is 0.354 e. The summed E-state index contributed by atoms with van der Waals surface area (Å²) in [6.45, 7) is 5.50. The molecule has 1 unspecified atom stereocenters. The predicted octanol–water partition coefficient (Wildman–Crippen LogP) is 0.695. The second-order valence-electron chi connectivity index (χ2n) is 5.63. The summed E-state index contributed by atoms with van der Waals surface area (Å²) in [6, 6.07) is 8.76. The predicted molar refractivity (Wildman–Crippen MR) is 81.6 cm³/mol. The van der Waals surface area contributed by atoms with Gasteiger partial charge in [0.2, 0.25) is 5.91 Å². The van der Waals surface area contributed by atoms with E-state index in [0.29, 0.717) is 13.3 Å². The summed E-state index contributed by atoms with van der Waals surface area (Å²) in [4.78, 5) is 23.5. The molecule has 0 radical (unpaired) electrons. The lowest BCUT2D eigenvalue weighted by molar-refractivity contribution is -0.119. The van der Waals surface area contributed by atoms with Gasteiger partial charge in [0.15, 0.2) is 0 Å². The van der Waals surface area contributed by atoms with Crippen LogP contribution in [0.4, 0.5) is 0 Å². The molecule has 2 rings (SSSR count). The van der Waals surface area contributed by atoms with Crippen LogP contribution < -0.4 is 5.32 Å². The van der Waals surface area contributed by atoms with Crippen LogP contribution in [0, 0.1) is 0 Å². The van der Waals surface area contributed by atoms with Crippen molar-refractivity contribution in [2.75, 3.05) is 13.1 Å². The van der Waals surface area contributed by atoms with E-state index in [4.69, 9.17) is 0 Å². The minimum atomic E-state index is 0.0128. The van der Waals surface area contributed by atoms with E-state index in [1.54, 1.807) is 6.92 Å². The van der Waals surface area contributed by atoms with Crippen molar-refractivity contribution in [3.05, 3.63) is 35.4 Å². The summed E-state index contributed by atoms with van der Waals surface area (Å²) in [5.41, 5.74) is 2.57. The van der Waals surface area contributed by atoms with Crippen LogP contribution in [0.25, 0.3) is 0 Å². The van der Waals surface area contributed by atoms with Gasteiger partial charge in [-0.15, -0.1) is 0 Å². The van der Waals surface area contributed by atoms with Crippen molar-refractivity contribution in [3.8, 4) is 0 Å². The Bertz CT molecular complexity index is 469. The van der Waals surface area contributed by atoms with Gasteiger partial charge < -0.3 is 14.9 Å². The quantitative estimate of drug-likeness (QED) is 0.612. The zero-order valence-electron chi connectivity index (χ0n) is 12.1. The van der Waals surface area contributed by atoms with Gasteiger partial charge in [-0.25, -0.2) is 0 Å². The lowest BCUT2D eigenvalue weighted by Crippen LogP contribution is -2.47. The lowest BCUT2D eigenvalue weighted by atomic mass is 9.81. The van der Waals surface area contributed by atoms with Crippen LogP contribution in [0.3, 0.4) is 0 Å². The zero-order valence-corrected chi connectivity index (χ0v) is 12.1. The smallest absolute Gasteiger partial charge is 0.281 e. The number of rotatable bonds is 6. The minimum Gasteiger partial charge on any atom is -0.354 e. The molecule has 0 saturated carbocycles. The monoisotopic (exact) mass is 272 g/mol. The first-order valence-electron chi connectivity index (χ1n) is 7.10. The van der Waals surface area contributed by atoms with E-state index >= 15 is 0 Å². The Balaban J connectivity index is 1.84. The van der Waals surface area contributed by atoms with E-state index < -0.39 is 0 Å². The third-order valence-corrected chi connectivity index (χ3v) is 3.73. The molecule has 1 amide bonds. The van der Waals surface area contributed by atoms with E-state index in [1.165, 1.54) is 11.1 Å². The highest BCUT2D eigenvalue weighted by Gasteiger charge is 2.27. The molecular formula is C15H21BN2O2. The molecule has 1 aliphatic heterocycles. The van der Waals surface area contributed by atoms with Gasteiger partial charge in [0, 0.05) is 18.9 Å². The minimum absolute atomic E-state index is 0.0128. The fraction of sp³-hybridized carbons (Fsp3) is 0.467. The van der Waals surface area contributed by atoms with Crippen molar-refractivity contribution in [2.24, 2.45) is 0 Å². The van der Waals surface area contributed by atoms with Crippen LogP contribution >= 0.6 is 0 Å². The maximum atomic E-state index is 11.0. The maximum absolute atomic E-state index is 11.0. The fourth-order valence-corrected chi connectivity index (χ4v) is 2.71. The number of hydrogen-bond acceptors (Lipinski definition) is 3. The fourth-order valence-electron chi connectivity index (χ4n) is 2.71. The highest BCUT2D eigenvalue weighted by molar-refractivity contribution is 6.64. The molecule has 1 fully saturated rings. The summed E-state index contributed by atoms with van der Waals surface area (Å²) in [5, 5.41) is 2.89. The molecule has 5 heteroatoms. The summed E-state index contributed by atoms with van der Waals surface area (Å²) in [6.07, 6.45) is 1.81. The molecule has 1 aromatic carbocycles. The number of benzene rings is 1. The molecule has 4 nitrogen and oxygen atoms in total. The summed E-state index contributed by atoms with van der Waals surface area (Å²) in [5.74, 6) is 0.565. The average molecular weight is 272 g/mol. The van der Waals surface area contributed by atoms with Gasteiger partial charge in [0.05, 0.1) is 6.19 Å². The van der Waals surface area contributed by atoms with Gasteiger partial charge in [-0.2, -0.15) is 0 Å². The normalized spacial score (nSPS) is 17.1. The molecule has 1 aromatic rings. The summed E-state index contributed by atoms with van der Waals surface area (Å²) < 4.78 is 0. The molecule has 20 heavy (non-hydrogen) atoms. The second kappa shape index (κ2) is 6.70. The van der Waals surface area contributed by atoms with Crippen molar-refractivity contribution >= 4 is 19.5 Å². The number of amides is 1. The Morgan fingerprint density at radius 3 is 2.65 bits per heavy atom. The van der Waals surface area contributed by atoms with Crippen LogP contribution in [0.2, 0.25) is 0 Å². The van der Waals surface area contributed by atoms with E-state index in [1.807, 2.05) is 6.92 Å². The van der Waals surface area contributed by atoms with Crippen molar-refractivity contribution < 1.29 is 9.59 Å². The molecule has 0 aliphatic carbocycles. The molecule has 0 bridgehead atoms. The van der Waals surface area contributed by atoms with Crippen molar-refractivity contribution in [2.45, 2.75) is 32.2 Å². The van der Waals surface area contributed by atoms with E-state index in [-0.39, 0.29) is 11.9 Å². The van der Waals surface area contributed by atoms with E-state index in [9.17, 15) is 9.59 Å². The van der Waals surface area contributed by atoms with Crippen LogP contribution in [-0.2, 0) is 16.0 Å². The van der Waals surface area contributed by atoms with E-state index in [2.05, 4.69) is 34.4 Å². The number of carbonyl (C=O) groups excluding carboxylic acids is 2. The first kappa shape index (κ1) is 14.8. The lowest BCUT2D eigenvalue weighted by Gasteiger charge is -2.38. The van der Waals surface area contributed by atoms with Gasteiger partial charge in [0.1, 0.15) is 0 Å². The van der Waals surface area contributed by atoms with E-state index in [0.717, 1.165) is 25.7 Å². The Labute approximate surface area is 120 Å². The number of nitrogens with one attached hydrogen (secondary N) is 1. The Kier molecular flexibility index (Phi) is 4.96. The molecule has 1 heterocycles. The summed E-state index contributed by atoms with van der Waals surface area (Å²) >= 11 is 0. The van der Waals surface area contributed by atoms with Crippen molar-refractivity contribution in [3.63, 3.8) is 0 Å². The zero-order chi connectivity index (χ0) is 14.5. The molecule has 1 N–H and O–H groups in total. The second-order valence-corrected chi connectivity index (χ2v) is 5.63. The SMILES string of the molecule is CC(=O)NC(C)Cc1ccc(C2CN(BC=O)C2)cc1. The average Bonchev–Trinajstić information content (AvgIpc) is 2.33. The first-order valence-corrected chi connectivity index (χ1v) is 7.10. The number of hydrogen-bond donors (Lipinski definition) is 1. The van der Waals surface area contributed by atoms with Gasteiger partial charge >= 0.3 is 0 Å². The molecule has 1 aliphatic rings. The molecule has 1 saturated heterocycles. The first-order chi connectivity index (χ1) is 9.58. The standard InChI is InChI=1S/C15H21BN2O2/c1-11(17-12(2)20)7-13-3-5-14(6-4-13)15-8-18(9-15)16-10-19/h3-6,10-11,15-16H,7-9H2,1-2H3,(H,17,20). The van der Waals surface area contributed by atoms with Gasteiger partial charge in [0.25, 0.3) is 7.41 Å². The van der Waals surface area contributed by atoms with Crippen molar-refractivity contribution in [1.82, 2.24) is 10.1 Å². The van der Waals surface area contributed by atoms with Crippen molar-refractivity contribution in [1.29, 1.82) is 0 Å². The maximum Gasteiger partial charge on any atom is 0.281 e. The van der Waals surface area contributed by atoms with Crippen LogP contribution in [0.5, 0.6) is 0 Å². The third-order valence-electron chi connectivity index (χ3n) is 3.73. The number of nitrogens with zero attached hydrogens (tertiary/aromatic N) is 1. The Hall–Kier alpha value is -1.62. The number of carbonyl (C=O) groups is 2. The third kappa shape index (κ3) is 3.94. The summed E-state index contributed by atoms with van der Waals surface area (Å²) in [7, 11) is 0.544. The van der Waals surface area contributed by atoms with Crippen LogP contribution in [0.1, 0.15) is 30.9 Å². The Morgan fingerprint density at radius 1 is 1.45 bits per heavy atom. The Morgan fingerprint density at radius 2 is 2.10 bits per heavy atom. The van der Waals surface area contributed by atoms with Crippen LogP contribution in [-0.4, -0.2) is 43.4 Å². The van der Waals surface area contributed by atoms with Gasteiger partial charge in [-0.3, -0.25) is 4.79 Å². The topological polar surface area (TPSA) is 49.4 Å². The molecule has 0 spiro atoms. The highest BCUT2D eigenvalue weighted by atomic mass is 16.1.